The number of nitrogens with zero attached hydrogens (tertiary/aromatic N) is 5. The van der Waals surface area contributed by atoms with Crippen molar-refractivity contribution in [3.8, 4) is 0 Å². The number of benzene rings is 1. The molecule has 0 saturated carbocycles. The van der Waals surface area contributed by atoms with Gasteiger partial charge in [0, 0.05) is 58.6 Å². The van der Waals surface area contributed by atoms with E-state index < -0.39 is 10.0 Å². The minimum absolute atomic E-state index is 0.0866. The smallest absolute Gasteiger partial charge is 0.243 e. The molecule has 32 heavy (non-hydrogen) atoms. The van der Waals surface area contributed by atoms with Crippen LogP contribution in [-0.2, 0) is 14.8 Å². The molecule has 0 spiro atoms. The van der Waals surface area contributed by atoms with Crippen LogP contribution in [0.5, 0.6) is 0 Å². The minimum atomic E-state index is -3.49. The van der Waals surface area contributed by atoms with Gasteiger partial charge in [-0.3, -0.25) is 9.69 Å². The highest BCUT2D eigenvalue weighted by Gasteiger charge is 2.30. The Morgan fingerprint density at radius 1 is 0.938 bits per heavy atom. The lowest BCUT2D eigenvalue weighted by Gasteiger charge is -2.38. The van der Waals surface area contributed by atoms with Crippen LogP contribution in [0.25, 0.3) is 0 Å². The number of pyridine rings is 1. The summed E-state index contributed by atoms with van der Waals surface area (Å²) in [7, 11) is -3.49. The molecule has 2 aromatic rings. The van der Waals surface area contributed by atoms with Gasteiger partial charge >= 0.3 is 0 Å². The molecule has 1 aromatic heterocycles. The normalized spacial score (nSPS) is 18.7. The van der Waals surface area contributed by atoms with Gasteiger partial charge in [-0.2, -0.15) is 4.31 Å². The first kappa shape index (κ1) is 23.0. The number of halogens is 1. The number of aromatic nitrogens is 1. The monoisotopic (exact) mass is 477 g/mol. The Hall–Kier alpha value is -2.20. The molecule has 3 heterocycles. The molecule has 0 unspecified atom stereocenters. The average Bonchev–Trinajstić information content (AvgIpc) is 2.80. The Bertz CT molecular complexity index is 1030. The Morgan fingerprint density at radius 3 is 2.19 bits per heavy atom. The standard InChI is InChI=1S/C22H28ClN5O3S/c1-18-2-5-20(6-3-18)32(30,31)28-14-8-25(9-15-28)17-22(29)27-12-10-26(11-13-27)21-7-4-19(23)16-24-21/h2-7,16H,8-15,17H2,1H3. The molecule has 0 aliphatic carbocycles. The summed E-state index contributed by atoms with van der Waals surface area (Å²) in [4.78, 5) is 23.5. The van der Waals surface area contributed by atoms with E-state index in [0.717, 1.165) is 24.5 Å². The van der Waals surface area contributed by atoms with Crippen molar-refractivity contribution in [2.75, 3.05) is 63.8 Å². The molecular weight excluding hydrogens is 450 g/mol. The van der Waals surface area contributed by atoms with Gasteiger partial charge in [0.25, 0.3) is 0 Å². The summed E-state index contributed by atoms with van der Waals surface area (Å²) < 4.78 is 27.2. The van der Waals surface area contributed by atoms with E-state index in [0.29, 0.717) is 55.7 Å². The number of hydrogen-bond acceptors (Lipinski definition) is 6. The van der Waals surface area contributed by atoms with E-state index in [1.807, 2.05) is 41.0 Å². The Kier molecular flexibility index (Phi) is 6.99. The molecule has 0 bridgehead atoms. The Morgan fingerprint density at radius 2 is 1.59 bits per heavy atom. The Labute approximate surface area is 194 Å². The number of amides is 1. The van der Waals surface area contributed by atoms with E-state index in [-0.39, 0.29) is 5.91 Å². The van der Waals surface area contributed by atoms with Gasteiger partial charge < -0.3 is 9.80 Å². The number of hydrogen-bond donors (Lipinski definition) is 0. The SMILES string of the molecule is Cc1ccc(S(=O)(=O)N2CCN(CC(=O)N3CCN(c4ccc(Cl)cn4)CC3)CC2)cc1. The van der Waals surface area contributed by atoms with E-state index in [9.17, 15) is 13.2 Å². The second-order valence-electron chi connectivity index (χ2n) is 8.20. The van der Waals surface area contributed by atoms with Crippen molar-refractivity contribution >= 4 is 33.3 Å². The number of anilines is 1. The highest BCUT2D eigenvalue weighted by atomic mass is 35.5. The van der Waals surface area contributed by atoms with Crippen molar-refractivity contribution in [2.45, 2.75) is 11.8 Å². The van der Waals surface area contributed by atoms with Gasteiger partial charge in [-0.25, -0.2) is 13.4 Å². The average molecular weight is 478 g/mol. The molecule has 1 aromatic carbocycles. The largest absolute Gasteiger partial charge is 0.353 e. The van der Waals surface area contributed by atoms with Gasteiger partial charge in [0.05, 0.1) is 16.5 Å². The van der Waals surface area contributed by atoms with Gasteiger partial charge in [-0.15, -0.1) is 0 Å². The summed E-state index contributed by atoms with van der Waals surface area (Å²) in [5, 5.41) is 0.606. The van der Waals surface area contributed by atoms with Gasteiger partial charge in [-0.05, 0) is 31.2 Å². The van der Waals surface area contributed by atoms with Gasteiger partial charge in [0.1, 0.15) is 5.82 Å². The van der Waals surface area contributed by atoms with Crippen LogP contribution in [0.1, 0.15) is 5.56 Å². The zero-order valence-electron chi connectivity index (χ0n) is 18.2. The molecule has 2 saturated heterocycles. The number of piperazine rings is 2. The molecule has 4 rings (SSSR count). The topological polar surface area (TPSA) is 77.1 Å². The van der Waals surface area contributed by atoms with E-state index >= 15 is 0 Å². The number of rotatable bonds is 5. The summed E-state index contributed by atoms with van der Waals surface area (Å²) in [5.74, 6) is 0.955. The zero-order valence-corrected chi connectivity index (χ0v) is 19.7. The highest BCUT2D eigenvalue weighted by molar-refractivity contribution is 7.89. The maximum atomic E-state index is 12.9. The second kappa shape index (κ2) is 9.74. The van der Waals surface area contributed by atoms with Crippen molar-refractivity contribution in [2.24, 2.45) is 0 Å². The van der Waals surface area contributed by atoms with E-state index in [2.05, 4.69) is 9.88 Å². The van der Waals surface area contributed by atoms with Crippen molar-refractivity contribution in [1.82, 2.24) is 19.1 Å². The van der Waals surface area contributed by atoms with Crippen LogP contribution in [0, 0.1) is 6.92 Å². The van der Waals surface area contributed by atoms with Gasteiger partial charge in [-0.1, -0.05) is 29.3 Å². The number of aryl methyl sites for hydroxylation is 1. The van der Waals surface area contributed by atoms with Crippen molar-refractivity contribution in [1.29, 1.82) is 0 Å². The molecule has 1 amide bonds. The molecule has 10 heteroatoms. The maximum Gasteiger partial charge on any atom is 0.243 e. The van der Waals surface area contributed by atoms with Crippen LogP contribution in [0.3, 0.4) is 0 Å². The maximum absolute atomic E-state index is 12.9. The molecule has 0 N–H and O–H groups in total. The molecule has 2 aliphatic heterocycles. The molecule has 2 fully saturated rings. The van der Waals surface area contributed by atoms with Crippen LogP contribution < -0.4 is 4.90 Å². The lowest BCUT2D eigenvalue weighted by atomic mass is 10.2. The van der Waals surface area contributed by atoms with Crippen molar-refractivity contribution in [3.05, 3.63) is 53.2 Å². The van der Waals surface area contributed by atoms with Crippen LogP contribution in [-0.4, -0.2) is 92.3 Å². The van der Waals surface area contributed by atoms with Gasteiger partial charge in [0.15, 0.2) is 0 Å². The fraction of sp³-hybridized carbons (Fsp3) is 0.455. The molecule has 8 nitrogen and oxygen atoms in total. The molecular formula is C22H28ClN5O3S. The Balaban J connectivity index is 1.25. The highest BCUT2D eigenvalue weighted by Crippen LogP contribution is 2.19. The first-order valence-electron chi connectivity index (χ1n) is 10.8. The zero-order chi connectivity index (χ0) is 22.7. The van der Waals surface area contributed by atoms with Crippen LogP contribution in [0.2, 0.25) is 5.02 Å². The number of sulfonamides is 1. The fourth-order valence-electron chi connectivity index (χ4n) is 4.02. The lowest BCUT2D eigenvalue weighted by Crippen LogP contribution is -2.54. The van der Waals surface area contributed by atoms with E-state index in [1.54, 1.807) is 18.3 Å². The first-order chi connectivity index (χ1) is 15.3. The predicted molar refractivity (Wildman–Crippen MR) is 124 cm³/mol. The fourth-order valence-corrected chi connectivity index (χ4v) is 5.55. The van der Waals surface area contributed by atoms with E-state index in [4.69, 9.17) is 11.6 Å². The van der Waals surface area contributed by atoms with Crippen LogP contribution in [0.15, 0.2) is 47.5 Å². The third-order valence-corrected chi connectivity index (χ3v) is 8.15. The summed E-state index contributed by atoms with van der Waals surface area (Å²) in [6, 6.07) is 10.6. The third-order valence-electron chi connectivity index (χ3n) is 6.02. The van der Waals surface area contributed by atoms with E-state index in [1.165, 1.54) is 4.31 Å². The van der Waals surface area contributed by atoms with Crippen LogP contribution in [0.4, 0.5) is 5.82 Å². The molecule has 0 radical (unpaired) electrons. The minimum Gasteiger partial charge on any atom is -0.353 e. The first-order valence-corrected chi connectivity index (χ1v) is 12.6. The third kappa shape index (κ3) is 5.23. The molecule has 2 aliphatic rings. The summed E-state index contributed by atoms with van der Waals surface area (Å²) in [5.41, 5.74) is 1.03. The number of carbonyl (C=O) groups is 1. The van der Waals surface area contributed by atoms with Crippen molar-refractivity contribution < 1.29 is 13.2 Å². The lowest BCUT2D eigenvalue weighted by molar-refractivity contribution is -0.133. The molecule has 172 valence electrons. The molecule has 0 atom stereocenters. The van der Waals surface area contributed by atoms with Crippen LogP contribution >= 0.6 is 11.6 Å². The van der Waals surface area contributed by atoms with Gasteiger partial charge in [0.2, 0.25) is 15.9 Å². The number of carbonyl (C=O) groups excluding carboxylic acids is 1. The summed E-state index contributed by atoms with van der Waals surface area (Å²) in [6.07, 6.45) is 1.63. The summed E-state index contributed by atoms with van der Waals surface area (Å²) >= 11 is 5.90. The van der Waals surface area contributed by atoms with Crippen molar-refractivity contribution in [3.63, 3.8) is 0 Å². The second-order valence-corrected chi connectivity index (χ2v) is 10.6. The quantitative estimate of drug-likeness (QED) is 0.652. The summed E-state index contributed by atoms with van der Waals surface area (Å²) in [6.45, 7) is 6.86. The predicted octanol–water partition coefficient (Wildman–Crippen LogP) is 1.70.